The van der Waals surface area contributed by atoms with Crippen LogP contribution in [-0.2, 0) is 4.79 Å². The van der Waals surface area contributed by atoms with Crippen molar-refractivity contribution in [3.05, 3.63) is 23.2 Å². The van der Waals surface area contributed by atoms with Crippen LogP contribution in [0.25, 0.3) is 0 Å². The third kappa shape index (κ3) is 7.51. The standard InChI is InChI=1S/C21H31NO3S2/c1-3-4-5-11-21(2,25)12-6-7-16-8-9-19(24)18(16)10-13-26-20-22-17(14-23)15-27-20/h6-7,14-16,18,25H,3-5,8-13H2,1-2H3/b7-6+/t16-,18+,21?/m0/s1. The van der Waals surface area contributed by atoms with Crippen molar-refractivity contribution in [3.63, 3.8) is 0 Å². The zero-order valence-electron chi connectivity index (χ0n) is 16.4. The van der Waals surface area contributed by atoms with Crippen LogP contribution in [0.3, 0.4) is 0 Å². The summed E-state index contributed by atoms with van der Waals surface area (Å²) in [5.41, 5.74) is -0.174. The van der Waals surface area contributed by atoms with E-state index in [9.17, 15) is 14.7 Å². The number of thioether (sulfide) groups is 1. The number of ketones is 1. The molecule has 0 amide bonds. The minimum atomic E-state index is -0.652. The molecule has 4 nitrogen and oxygen atoms in total. The van der Waals surface area contributed by atoms with Gasteiger partial charge in [-0.3, -0.25) is 9.59 Å². The SMILES string of the molecule is CCCCCC(C)(O)C/C=C/[C@H]1CCC(=O)[C@@H]1CCSc1nc(C=O)cs1. The molecule has 1 aliphatic rings. The van der Waals surface area contributed by atoms with Crippen LogP contribution in [0.5, 0.6) is 0 Å². The molecule has 0 aromatic carbocycles. The molecule has 6 heteroatoms. The summed E-state index contributed by atoms with van der Waals surface area (Å²) in [7, 11) is 0. The van der Waals surface area contributed by atoms with E-state index in [1.807, 2.05) is 6.92 Å². The first-order valence-corrected chi connectivity index (χ1v) is 11.8. The van der Waals surface area contributed by atoms with Gasteiger partial charge in [0.1, 0.15) is 11.5 Å². The van der Waals surface area contributed by atoms with Gasteiger partial charge in [-0.05, 0) is 38.5 Å². The minimum absolute atomic E-state index is 0.0734. The highest BCUT2D eigenvalue weighted by atomic mass is 32.2. The number of carbonyl (C=O) groups excluding carboxylic acids is 2. The Hall–Kier alpha value is -0.980. The van der Waals surface area contributed by atoms with Crippen LogP contribution in [0.2, 0.25) is 0 Å². The number of hydrogen-bond donors (Lipinski definition) is 1. The first-order chi connectivity index (χ1) is 12.9. The van der Waals surface area contributed by atoms with Crippen LogP contribution < -0.4 is 0 Å². The van der Waals surface area contributed by atoms with E-state index < -0.39 is 5.60 Å². The fourth-order valence-corrected chi connectivity index (χ4v) is 5.43. The van der Waals surface area contributed by atoms with Gasteiger partial charge in [-0.15, -0.1) is 11.3 Å². The van der Waals surface area contributed by atoms with Crippen LogP contribution in [0, 0.1) is 11.8 Å². The molecule has 0 radical (unpaired) electrons. The molecule has 1 N–H and O–H groups in total. The van der Waals surface area contributed by atoms with Gasteiger partial charge in [-0.25, -0.2) is 4.98 Å². The molecule has 0 aliphatic heterocycles. The maximum Gasteiger partial charge on any atom is 0.169 e. The van der Waals surface area contributed by atoms with Crippen LogP contribution in [0.15, 0.2) is 21.9 Å². The molecule has 0 bridgehead atoms. The number of thiazole rings is 1. The van der Waals surface area contributed by atoms with Crippen molar-refractivity contribution < 1.29 is 14.7 Å². The second-order valence-electron chi connectivity index (χ2n) is 7.65. The topological polar surface area (TPSA) is 67.3 Å². The number of allylic oxidation sites excluding steroid dienone is 1. The van der Waals surface area contributed by atoms with E-state index in [4.69, 9.17) is 0 Å². The highest BCUT2D eigenvalue weighted by Gasteiger charge is 2.32. The highest BCUT2D eigenvalue weighted by Crippen LogP contribution is 2.35. The second-order valence-corrected chi connectivity index (χ2v) is 9.86. The number of carbonyl (C=O) groups is 2. The fourth-order valence-electron chi connectivity index (χ4n) is 3.56. The quantitative estimate of drug-likeness (QED) is 0.219. The Morgan fingerprint density at radius 2 is 2.26 bits per heavy atom. The summed E-state index contributed by atoms with van der Waals surface area (Å²) in [6.07, 6.45) is 12.2. The van der Waals surface area contributed by atoms with Crippen LogP contribution in [-0.4, -0.2) is 33.5 Å². The van der Waals surface area contributed by atoms with Crippen molar-refractivity contribution in [2.45, 2.75) is 75.2 Å². The molecular weight excluding hydrogens is 378 g/mol. The number of aldehydes is 1. The zero-order valence-corrected chi connectivity index (χ0v) is 18.0. The van der Waals surface area contributed by atoms with Gasteiger partial charge in [0.2, 0.25) is 0 Å². The van der Waals surface area contributed by atoms with Gasteiger partial charge in [0, 0.05) is 23.5 Å². The van der Waals surface area contributed by atoms with Crippen molar-refractivity contribution in [3.8, 4) is 0 Å². The van der Waals surface area contributed by atoms with E-state index in [1.54, 1.807) is 17.1 Å². The smallest absolute Gasteiger partial charge is 0.169 e. The highest BCUT2D eigenvalue weighted by molar-refractivity contribution is 8.01. The maximum absolute atomic E-state index is 12.3. The summed E-state index contributed by atoms with van der Waals surface area (Å²) in [4.78, 5) is 27.2. The zero-order chi connectivity index (χ0) is 19.7. The number of hydrogen-bond acceptors (Lipinski definition) is 6. The first-order valence-electron chi connectivity index (χ1n) is 9.90. The van der Waals surface area contributed by atoms with Crippen molar-refractivity contribution in [2.75, 3.05) is 5.75 Å². The Morgan fingerprint density at radius 3 is 2.96 bits per heavy atom. The fraction of sp³-hybridized carbons (Fsp3) is 0.667. The maximum atomic E-state index is 12.3. The van der Waals surface area contributed by atoms with Crippen LogP contribution in [0.4, 0.5) is 0 Å². The predicted octanol–water partition coefficient (Wildman–Crippen LogP) is 5.31. The number of aliphatic hydroxyl groups is 1. The molecular formula is C21H31NO3S2. The molecule has 1 saturated carbocycles. The van der Waals surface area contributed by atoms with Gasteiger partial charge in [-0.1, -0.05) is 50.1 Å². The predicted molar refractivity (Wildman–Crippen MR) is 113 cm³/mol. The Morgan fingerprint density at radius 1 is 1.44 bits per heavy atom. The lowest BCUT2D eigenvalue weighted by molar-refractivity contribution is -0.121. The number of rotatable bonds is 12. The van der Waals surface area contributed by atoms with Gasteiger partial charge in [0.05, 0.1) is 5.60 Å². The molecule has 1 aromatic heterocycles. The third-order valence-corrected chi connectivity index (χ3v) is 7.26. The Bertz CT molecular complexity index is 639. The number of Topliss-reactive ketones (excluding diaryl/α,β-unsaturated/α-hetero) is 1. The number of nitrogens with zero attached hydrogens (tertiary/aromatic N) is 1. The van der Waals surface area contributed by atoms with E-state index in [-0.39, 0.29) is 11.8 Å². The number of aromatic nitrogens is 1. The van der Waals surface area contributed by atoms with Crippen molar-refractivity contribution in [2.24, 2.45) is 11.8 Å². The van der Waals surface area contributed by atoms with Gasteiger partial charge < -0.3 is 5.11 Å². The average molecular weight is 410 g/mol. The van der Waals surface area contributed by atoms with Crippen LogP contribution in [0.1, 0.15) is 75.7 Å². The molecule has 1 aliphatic carbocycles. The Balaban J connectivity index is 1.79. The summed E-state index contributed by atoms with van der Waals surface area (Å²) in [6.45, 7) is 4.07. The molecule has 1 aromatic rings. The minimum Gasteiger partial charge on any atom is -0.390 e. The molecule has 2 rings (SSSR count). The third-order valence-electron chi connectivity index (χ3n) is 5.19. The van der Waals surface area contributed by atoms with E-state index in [0.717, 1.165) is 54.9 Å². The van der Waals surface area contributed by atoms with Crippen molar-refractivity contribution >= 4 is 35.2 Å². The molecule has 1 fully saturated rings. The lowest BCUT2D eigenvalue weighted by Crippen LogP contribution is -2.23. The van der Waals surface area contributed by atoms with Gasteiger partial charge in [-0.2, -0.15) is 0 Å². The van der Waals surface area contributed by atoms with Crippen LogP contribution >= 0.6 is 23.1 Å². The monoisotopic (exact) mass is 409 g/mol. The lowest BCUT2D eigenvalue weighted by atomic mass is 9.90. The summed E-state index contributed by atoms with van der Waals surface area (Å²) >= 11 is 3.10. The Labute approximate surface area is 170 Å². The van der Waals surface area contributed by atoms with E-state index in [0.29, 0.717) is 24.3 Å². The summed E-state index contributed by atoms with van der Waals surface area (Å²) in [5.74, 6) is 1.55. The summed E-state index contributed by atoms with van der Waals surface area (Å²) < 4.78 is 0.887. The Kier molecular flexibility index (Phi) is 9.19. The van der Waals surface area contributed by atoms with E-state index in [2.05, 4.69) is 24.1 Å². The average Bonchev–Trinajstić information content (AvgIpc) is 3.23. The molecule has 0 spiro atoms. The molecule has 1 unspecified atom stereocenters. The molecule has 0 saturated heterocycles. The lowest BCUT2D eigenvalue weighted by Gasteiger charge is -2.22. The van der Waals surface area contributed by atoms with Crippen molar-refractivity contribution in [1.82, 2.24) is 4.98 Å². The largest absolute Gasteiger partial charge is 0.390 e. The van der Waals surface area contributed by atoms with Crippen molar-refractivity contribution in [1.29, 1.82) is 0 Å². The second kappa shape index (κ2) is 11.1. The summed E-state index contributed by atoms with van der Waals surface area (Å²) in [5, 5.41) is 12.2. The van der Waals surface area contributed by atoms with Gasteiger partial charge >= 0.3 is 0 Å². The summed E-state index contributed by atoms with van der Waals surface area (Å²) in [6, 6.07) is 0. The van der Waals surface area contributed by atoms with Gasteiger partial charge in [0.15, 0.2) is 10.6 Å². The van der Waals surface area contributed by atoms with E-state index >= 15 is 0 Å². The number of unbranched alkanes of at least 4 members (excludes halogenated alkanes) is 2. The van der Waals surface area contributed by atoms with Gasteiger partial charge in [0.25, 0.3) is 0 Å². The molecule has 27 heavy (non-hydrogen) atoms. The first kappa shape index (κ1) is 22.3. The van der Waals surface area contributed by atoms with E-state index in [1.165, 1.54) is 11.3 Å². The normalized spacial score (nSPS) is 22.4. The molecule has 3 atom stereocenters. The molecule has 150 valence electrons. The molecule has 1 heterocycles.